The van der Waals surface area contributed by atoms with Crippen LogP contribution in [0.4, 0.5) is 0 Å². The summed E-state index contributed by atoms with van der Waals surface area (Å²) in [5.41, 5.74) is 2.90. The van der Waals surface area contributed by atoms with Crippen LogP contribution in [-0.4, -0.2) is 52.8 Å². The number of ether oxygens (including phenoxy) is 1. The molecule has 0 amide bonds. The molecule has 0 bridgehead atoms. The number of aliphatic carboxylic acids is 1. The van der Waals surface area contributed by atoms with Gasteiger partial charge in [-0.1, -0.05) is 0 Å². The van der Waals surface area contributed by atoms with Crippen molar-refractivity contribution in [3.63, 3.8) is 0 Å². The Kier molecular flexibility index (Phi) is 8.77. The van der Waals surface area contributed by atoms with E-state index < -0.39 is 12.1 Å². The second-order valence-electron chi connectivity index (χ2n) is 9.67. The predicted octanol–water partition coefficient (Wildman–Crippen LogP) is 5.09. The van der Waals surface area contributed by atoms with Crippen LogP contribution >= 0.6 is 0 Å². The molecule has 1 aromatic carbocycles. The highest BCUT2D eigenvalue weighted by atomic mass is 16.5. The molecule has 0 aliphatic carbocycles. The molecule has 7 nitrogen and oxygen atoms in total. The Bertz CT molecular complexity index is 1080. The molecule has 1 fully saturated rings. The summed E-state index contributed by atoms with van der Waals surface area (Å²) in [4.78, 5) is 18.4. The Morgan fingerprint density at radius 2 is 2.14 bits per heavy atom. The van der Waals surface area contributed by atoms with Crippen LogP contribution in [0.2, 0.25) is 0 Å². The maximum absolute atomic E-state index is 11.6. The van der Waals surface area contributed by atoms with Crippen molar-refractivity contribution in [2.75, 3.05) is 26.7 Å². The van der Waals surface area contributed by atoms with E-state index in [1.807, 2.05) is 30.3 Å². The van der Waals surface area contributed by atoms with Crippen molar-refractivity contribution in [1.82, 2.24) is 9.88 Å². The number of furan rings is 1. The third kappa shape index (κ3) is 6.83. The zero-order chi connectivity index (χ0) is 24.6. The second-order valence-corrected chi connectivity index (χ2v) is 9.67. The summed E-state index contributed by atoms with van der Waals surface area (Å²) in [7, 11) is 1.63. The van der Waals surface area contributed by atoms with E-state index in [9.17, 15) is 15.0 Å². The summed E-state index contributed by atoms with van der Waals surface area (Å²) in [5.74, 6) is 0.398. The van der Waals surface area contributed by atoms with Crippen molar-refractivity contribution in [2.24, 2.45) is 11.8 Å². The topological polar surface area (TPSA) is 96.0 Å². The highest BCUT2D eigenvalue weighted by Crippen LogP contribution is 2.34. The first kappa shape index (κ1) is 25.2. The third-order valence-electron chi connectivity index (χ3n) is 7.33. The number of unbranched alkanes of at least 4 members (excludes halogenated alkanes) is 1. The monoisotopic (exact) mass is 480 g/mol. The van der Waals surface area contributed by atoms with Crippen molar-refractivity contribution < 1.29 is 24.2 Å². The van der Waals surface area contributed by atoms with E-state index in [1.54, 1.807) is 25.8 Å². The van der Waals surface area contributed by atoms with Crippen LogP contribution < -0.4 is 4.74 Å². The molecule has 188 valence electrons. The Balaban J connectivity index is 1.32. The molecular weight excluding hydrogens is 444 g/mol. The minimum atomic E-state index is -0.741. The van der Waals surface area contributed by atoms with Gasteiger partial charge in [0.15, 0.2) is 0 Å². The average Bonchev–Trinajstić information content (AvgIpc) is 3.38. The van der Waals surface area contributed by atoms with Crippen molar-refractivity contribution >= 4 is 16.9 Å². The zero-order valence-electron chi connectivity index (χ0n) is 20.4. The van der Waals surface area contributed by atoms with E-state index in [-0.39, 0.29) is 12.3 Å². The number of nitrogens with zero attached hydrogens (tertiary/aromatic N) is 2. The summed E-state index contributed by atoms with van der Waals surface area (Å²) < 4.78 is 10.5. The van der Waals surface area contributed by atoms with Gasteiger partial charge >= 0.3 is 5.97 Å². The molecule has 1 aliphatic heterocycles. The molecular formula is C28H36N2O5. The average molecular weight is 481 g/mol. The lowest BCUT2D eigenvalue weighted by Crippen LogP contribution is -2.41. The van der Waals surface area contributed by atoms with E-state index in [0.29, 0.717) is 12.3 Å². The summed E-state index contributed by atoms with van der Waals surface area (Å²) in [5, 5.41) is 21.5. The summed E-state index contributed by atoms with van der Waals surface area (Å²) in [6, 6.07) is 9.56. The number of aryl methyl sites for hydroxylation is 1. The lowest BCUT2D eigenvalue weighted by molar-refractivity contribution is -0.139. The second kappa shape index (κ2) is 12.2. The number of piperidine rings is 1. The molecule has 0 spiro atoms. The Hall–Kier alpha value is -2.90. The fourth-order valence-corrected chi connectivity index (χ4v) is 5.39. The highest BCUT2D eigenvalue weighted by molar-refractivity contribution is 5.83. The number of fused-ring (bicyclic) bond motifs is 1. The first-order valence-electron chi connectivity index (χ1n) is 12.6. The molecule has 1 saturated heterocycles. The number of rotatable bonds is 12. The number of methoxy groups -OCH3 is 1. The van der Waals surface area contributed by atoms with Crippen LogP contribution in [0.5, 0.6) is 5.75 Å². The number of carboxylic acid groups (broad SMARTS) is 1. The zero-order valence-corrected chi connectivity index (χ0v) is 20.4. The van der Waals surface area contributed by atoms with Gasteiger partial charge < -0.3 is 24.3 Å². The number of hydrogen-bond acceptors (Lipinski definition) is 6. The predicted molar refractivity (Wildman–Crippen MR) is 134 cm³/mol. The Morgan fingerprint density at radius 3 is 2.91 bits per heavy atom. The Morgan fingerprint density at radius 1 is 1.26 bits per heavy atom. The minimum Gasteiger partial charge on any atom is -0.497 e. The summed E-state index contributed by atoms with van der Waals surface area (Å²) in [6.07, 6.45) is 10.4. The van der Waals surface area contributed by atoms with E-state index >= 15 is 0 Å². The molecule has 35 heavy (non-hydrogen) atoms. The molecule has 1 aliphatic rings. The van der Waals surface area contributed by atoms with Crippen molar-refractivity contribution in [3.05, 3.63) is 60.2 Å². The molecule has 0 radical (unpaired) electrons. The summed E-state index contributed by atoms with van der Waals surface area (Å²) in [6.45, 7) is 2.79. The molecule has 3 heterocycles. The smallest absolute Gasteiger partial charge is 0.303 e. The number of pyridine rings is 1. The largest absolute Gasteiger partial charge is 0.497 e. The summed E-state index contributed by atoms with van der Waals surface area (Å²) >= 11 is 0. The van der Waals surface area contributed by atoms with Gasteiger partial charge in [0.05, 0.1) is 31.3 Å². The fraction of sp³-hybridized carbons (Fsp3) is 0.500. The van der Waals surface area contributed by atoms with Crippen molar-refractivity contribution in [3.8, 4) is 5.75 Å². The van der Waals surface area contributed by atoms with Crippen LogP contribution in [0.1, 0.15) is 55.8 Å². The molecule has 2 aromatic heterocycles. The molecule has 2 N–H and O–H groups in total. The molecule has 0 saturated carbocycles. The van der Waals surface area contributed by atoms with Crippen LogP contribution in [0.3, 0.4) is 0 Å². The number of carbonyl (C=O) groups is 1. The molecule has 3 aromatic rings. The number of aliphatic hydroxyl groups is 1. The van der Waals surface area contributed by atoms with Crippen molar-refractivity contribution in [2.45, 2.75) is 51.0 Å². The standard InChI is InChI=1S/C28H36N2O5/c1-34-23-6-7-26-25(17-23)24(9-12-29-26)27(31)8-5-21-10-14-30(18-22(21)16-28(32)33)13-3-2-4-20-11-15-35-19-20/h6-7,9,11-12,15,17,19,21-22,27,31H,2-5,8,10,13-14,16,18H2,1H3,(H,32,33)/t21-,22+,27?/m1/s1. The quantitative estimate of drug-likeness (QED) is 0.349. The number of aromatic nitrogens is 1. The lowest BCUT2D eigenvalue weighted by Gasteiger charge is -2.38. The van der Waals surface area contributed by atoms with Crippen LogP contribution in [-0.2, 0) is 11.2 Å². The molecule has 3 atom stereocenters. The molecule has 4 rings (SSSR count). The Labute approximate surface area is 206 Å². The first-order chi connectivity index (χ1) is 17.0. The van der Waals surface area contributed by atoms with Gasteiger partial charge in [0.1, 0.15) is 5.75 Å². The van der Waals surface area contributed by atoms with Gasteiger partial charge in [0.2, 0.25) is 0 Å². The van der Waals surface area contributed by atoms with Gasteiger partial charge in [0.25, 0.3) is 0 Å². The van der Waals surface area contributed by atoms with Gasteiger partial charge in [-0.05, 0) is 105 Å². The lowest BCUT2D eigenvalue weighted by atomic mass is 9.79. The number of likely N-dealkylation sites (tertiary alicyclic amines) is 1. The molecule has 1 unspecified atom stereocenters. The maximum Gasteiger partial charge on any atom is 0.303 e. The van der Waals surface area contributed by atoms with Gasteiger partial charge in [-0.25, -0.2) is 0 Å². The van der Waals surface area contributed by atoms with Crippen LogP contribution in [0, 0.1) is 11.8 Å². The van der Waals surface area contributed by atoms with Gasteiger partial charge in [0, 0.05) is 24.5 Å². The number of benzene rings is 1. The van der Waals surface area contributed by atoms with E-state index in [4.69, 9.17) is 9.15 Å². The van der Waals surface area contributed by atoms with Gasteiger partial charge in [-0.15, -0.1) is 0 Å². The van der Waals surface area contributed by atoms with Gasteiger partial charge in [-0.2, -0.15) is 0 Å². The normalized spacial score (nSPS) is 19.6. The van der Waals surface area contributed by atoms with Crippen LogP contribution in [0.15, 0.2) is 53.5 Å². The van der Waals surface area contributed by atoms with Gasteiger partial charge in [-0.3, -0.25) is 9.78 Å². The SMILES string of the molecule is COc1ccc2nccc(C(O)CC[C@@H]3CCN(CCCCc4ccoc4)C[C@@H]3CC(=O)O)c2c1. The minimum absolute atomic E-state index is 0.108. The number of carboxylic acids is 1. The van der Waals surface area contributed by atoms with Crippen LogP contribution in [0.25, 0.3) is 10.9 Å². The maximum atomic E-state index is 11.6. The van der Waals surface area contributed by atoms with E-state index in [2.05, 4.69) is 9.88 Å². The third-order valence-corrected chi connectivity index (χ3v) is 7.33. The van der Waals surface area contributed by atoms with E-state index in [1.165, 1.54) is 5.56 Å². The number of aliphatic hydroxyl groups excluding tert-OH is 1. The van der Waals surface area contributed by atoms with Crippen molar-refractivity contribution in [1.29, 1.82) is 0 Å². The fourth-order valence-electron chi connectivity index (χ4n) is 5.39. The van der Waals surface area contributed by atoms with E-state index in [0.717, 1.165) is 74.0 Å². The number of hydrogen-bond donors (Lipinski definition) is 2. The molecule has 7 heteroatoms. The highest BCUT2D eigenvalue weighted by Gasteiger charge is 2.31. The first-order valence-corrected chi connectivity index (χ1v) is 12.6.